The number of sulfone groups is 1. The smallest absolute Gasteiger partial charge is 0.272 e. The zero-order chi connectivity index (χ0) is 16.2. The van der Waals surface area contributed by atoms with Crippen LogP contribution in [0.1, 0.15) is 16.9 Å². The maximum atomic E-state index is 12.4. The maximum absolute atomic E-state index is 12.4. The molecule has 0 bridgehead atoms. The molecule has 1 aliphatic rings. The molecule has 0 saturated carbocycles. The molecule has 1 aromatic heterocycles. The number of carbonyl (C=O) groups excluding carboxylic acids is 1. The van der Waals surface area contributed by atoms with Crippen molar-refractivity contribution < 1.29 is 17.9 Å². The van der Waals surface area contributed by atoms with Crippen LogP contribution in [0.25, 0.3) is 0 Å². The van der Waals surface area contributed by atoms with Crippen molar-refractivity contribution in [1.82, 2.24) is 14.9 Å². The van der Waals surface area contributed by atoms with Crippen LogP contribution in [0, 0.1) is 0 Å². The third-order valence-electron chi connectivity index (χ3n) is 3.57. The molecule has 0 aliphatic carbocycles. The summed E-state index contributed by atoms with van der Waals surface area (Å²) in [6.07, 6.45) is 1.77. The SMILES string of the molecule is COCCNc1cc(C(=O)N(C)C2CCS(=O)(=O)C2)ncn1. The van der Waals surface area contributed by atoms with Crippen LogP contribution in [0.3, 0.4) is 0 Å². The van der Waals surface area contributed by atoms with Gasteiger partial charge < -0.3 is 15.0 Å². The number of methoxy groups -OCH3 is 1. The van der Waals surface area contributed by atoms with Crippen molar-refractivity contribution in [3.8, 4) is 0 Å². The Balaban J connectivity index is 2.04. The topological polar surface area (TPSA) is 101 Å². The van der Waals surface area contributed by atoms with Gasteiger partial charge >= 0.3 is 0 Å². The van der Waals surface area contributed by atoms with E-state index in [-0.39, 0.29) is 29.1 Å². The van der Waals surface area contributed by atoms with Crippen LogP contribution in [0.4, 0.5) is 5.82 Å². The normalized spacial score (nSPS) is 19.8. The van der Waals surface area contributed by atoms with Gasteiger partial charge in [0.2, 0.25) is 0 Å². The van der Waals surface area contributed by atoms with E-state index in [1.165, 1.54) is 11.2 Å². The Morgan fingerprint density at radius 2 is 2.27 bits per heavy atom. The molecule has 8 nitrogen and oxygen atoms in total. The van der Waals surface area contributed by atoms with Crippen LogP contribution in [-0.2, 0) is 14.6 Å². The number of nitrogens with zero attached hydrogens (tertiary/aromatic N) is 3. The molecule has 1 fully saturated rings. The van der Waals surface area contributed by atoms with Crippen LogP contribution in [0.2, 0.25) is 0 Å². The van der Waals surface area contributed by atoms with Crippen LogP contribution in [0.5, 0.6) is 0 Å². The number of hydrogen-bond acceptors (Lipinski definition) is 7. The monoisotopic (exact) mass is 328 g/mol. The second kappa shape index (κ2) is 7.01. The summed E-state index contributed by atoms with van der Waals surface area (Å²) in [5, 5.41) is 3.02. The molecule has 1 unspecified atom stereocenters. The van der Waals surface area contributed by atoms with Crippen molar-refractivity contribution >= 4 is 21.6 Å². The summed E-state index contributed by atoms with van der Waals surface area (Å²) in [5.74, 6) is 0.365. The standard InChI is InChI=1S/C13H20N4O4S/c1-17(10-3-6-22(19,20)8-10)13(18)11-7-12(16-9-15-11)14-4-5-21-2/h7,9-10H,3-6,8H2,1-2H3,(H,14,15,16). The number of carbonyl (C=O) groups is 1. The molecule has 1 amide bonds. The van der Waals surface area contributed by atoms with Gasteiger partial charge in [-0.05, 0) is 6.42 Å². The van der Waals surface area contributed by atoms with Gasteiger partial charge in [0.25, 0.3) is 5.91 Å². The molecular weight excluding hydrogens is 308 g/mol. The molecule has 0 radical (unpaired) electrons. The van der Waals surface area contributed by atoms with Gasteiger partial charge in [0.05, 0.1) is 18.1 Å². The molecule has 22 heavy (non-hydrogen) atoms. The van der Waals surface area contributed by atoms with E-state index in [1.54, 1.807) is 20.2 Å². The fraction of sp³-hybridized carbons (Fsp3) is 0.615. The summed E-state index contributed by atoms with van der Waals surface area (Å²) in [6.45, 7) is 1.09. The number of rotatable bonds is 6. The van der Waals surface area contributed by atoms with Crippen LogP contribution < -0.4 is 5.32 Å². The molecule has 1 aromatic rings. The van der Waals surface area contributed by atoms with Crippen LogP contribution >= 0.6 is 0 Å². The van der Waals surface area contributed by atoms with Crippen molar-refractivity contribution in [3.05, 3.63) is 18.1 Å². The Labute approximate surface area is 129 Å². The van der Waals surface area contributed by atoms with Crippen LogP contribution in [-0.4, -0.2) is 74.0 Å². The molecule has 2 rings (SSSR count). The summed E-state index contributed by atoms with van der Waals surface area (Å²) in [5.41, 5.74) is 0.238. The predicted octanol–water partition coefficient (Wildman–Crippen LogP) is -0.206. The van der Waals surface area contributed by atoms with E-state index in [0.29, 0.717) is 25.4 Å². The highest BCUT2D eigenvalue weighted by Crippen LogP contribution is 2.18. The van der Waals surface area contributed by atoms with Gasteiger partial charge in [0.1, 0.15) is 17.8 Å². The van der Waals surface area contributed by atoms with E-state index in [4.69, 9.17) is 4.74 Å². The van der Waals surface area contributed by atoms with Gasteiger partial charge in [-0.1, -0.05) is 0 Å². The van der Waals surface area contributed by atoms with Crippen LogP contribution in [0.15, 0.2) is 12.4 Å². The maximum Gasteiger partial charge on any atom is 0.272 e. The lowest BCUT2D eigenvalue weighted by atomic mass is 10.2. The van der Waals surface area contributed by atoms with E-state index in [0.717, 1.165) is 0 Å². The Bertz CT molecular complexity index is 635. The number of ether oxygens (including phenoxy) is 1. The van der Waals surface area contributed by atoms with Crippen molar-refractivity contribution in [2.45, 2.75) is 12.5 Å². The minimum absolute atomic E-state index is 0.0132. The zero-order valence-corrected chi connectivity index (χ0v) is 13.5. The quantitative estimate of drug-likeness (QED) is 0.721. The van der Waals surface area contributed by atoms with E-state index in [1.807, 2.05) is 0 Å². The highest BCUT2D eigenvalue weighted by atomic mass is 32.2. The lowest BCUT2D eigenvalue weighted by Crippen LogP contribution is -2.38. The molecule has 9 heteroatoms. The summed E-state index contributed by atoms with van der Waals surface area (Å²) in [6, 6.07) is 1.26. The van der Waals surface area contributed by atoms with Gasteiger partial charge in [-0.3, -0.25) is 4.79 Å². The Hall–Kier alpha value is -1.74. The molecule has 0 aromatic carbocycles. The van der Waals surface area contributed by atoms with E-state index >= 15 is 0 Å². The van der Waals surface area contributed by atoms with Gasteiger partial charge in [0, 0.05) is 32.8 Å². The largest absolute Gasteiger partial charge is 0.383 e. The average molecular weight is 328 g/mol. The van der Waals surface area contributed by atoms with Crippen molar-refractivity contribution in [1.29, 1.82) is 0 Å². The zero-order valence-electron chi connectivity index (χ0n) is 12.7. The van der Waals surface area contributed by atoms with Gasteiger partial charge in [-0.25, -0.2) is 18.4 Å². The highest BCUT2D eigenvalue weighted by molar-refractivity contribution is 7.91. The molecular formula is C13H20N4O4S. The lowest BCUT2D eigenvalue weighted by molar-refractivity contribution is 0.0741. The third-order valence-corrected chi connectivity index (χ3v) is 5.33. The Kier molecular flexibility index (Phi) is 5.30. The number of nitrogens with one attached hydrogen (secondary N) is 1. The minimum Gasteiger partial charge on any atom is -0.383 e. The number of anilines is 1. The van der Waals surface area contributed by atoms with Crippen molar-refractivity contribution in [2.24, 2.45) is 0 Å². The fourth-order valence-electron chi connectivity index (χ4n) is 2.28. The second-order valence-electron chi connectivity index (χ2n) is 5.18. The minimum atomic E-state index is -3.03. The molecule has 1 N–H and O–H groups in total. The first-order valence-corrected chi connectivity index (χ1v) is 8.77. The highest BCUT2D eigenvalue weighted by Gasteiger charge is 2.33. The summed E-state index contributed by atoms with van der Waals surface area (Å²) in [7, 11) is 0.171. The molecule has 1 aliphatic heterocycles. The number of amides is 1. The van der Waals surface area contributed by atoms with Gasteiger partial charge in [-0.15, -0.1) is 0 Å². The summed E-state index contributed by atoms with van der Waals surface area (Å²) >= 11 is 0. The first kappa shape index (κ1) is 16.6. The van der Waals surface area contributed by atoms with Crippen molar-refractivity contribution in [2.75, 3.05) is 44.1 Å². The van der Waals surface area contributed by atoms with Gasteiger partial charge in [0.15, 0.2) is 9.84 Å². The fourth-order valence-corrected chi connectivity index (χ4v) is 4.05. The second-order valence-corrected chi connectivity index (χ2v) is 7.41. The summed E-state index contributed by atoms with van der Waals surface area (Å²) < 4.78 is 28.0. The van der Waals surface area contributed by atoms with Crippen molar-refractivity contribution in [3.63, 3.8) is 0 Å². The average Bonchev–Trinajstić information content (AvgIpc) is 2.86. The number of hydrogen-bond donors (Lipinski definition) is 1. The lowest BCUT2D eigenvalue weighted by Gasteiger charge is -2.23. The molecule has 2 heterocycles. The van der Waals surface area contributed by atoms with E-state index < -0.39 is 9.84 Å². The Morgan fingerprint density at radius 1 is 1.50 bits per heavy atom. The number of aromatic nitrogens is 2. The van der Waals surface area contributed by atoms with E-state index in [9.17, 15) is 13.2 Å². The first-order chi connectivity index (χ1) is 10.4. The molecule has 0 spiro atoms. The van der Waals surface area contributed by atoms with Gasteiger partial charge in [-0.2, -0.15) is 0 Å². The first-order valence-electron chi connectivity index (χ1n) is 6.95. The predicted molar refractivity (Wildman–Crippen MR) is 81.6 cm³/mol. The van der Waals surface area contributed by atoms with E-state index in [2.05, 4.69) is 15.3 Å². The molecule has 122 valence electrons. The summed E-state index contributed by atoms with van der Waals surface area (Å²) in [4.78, 5) is 21.9. The molecule has 1 saturated heterocycles. The molecule has 1 atom stereocenters. The Morgan fingerprint density at radius 3 is 2.91 bits per heavy atom. The third kappa shape index (κ3) is 4.14.